The Hall–Kier alpha value is -3.17. The van der Waals surface area contributed by atoms with Crippen LogP contribution >= 0.6 is 0 Å². The molecule has 0 unspecified atom stereocenters. The van der Waals surface area contributed by atoms with Crippen LogP contribution in [0.25, 0.3) is 11.1 Å². The van der Waals surface area contributed by atoms with Crippen molar-refractivity contribution in [3.8, 4) is 17.2 Å². The molecule has 0 atom stereocenters. The zero-order valence-corrected chi connectivity index (χ0v) is 13.2. The Kier molecular flexibility index (Phi) is 4.02. The Labute approximate surface area is 138 Å². The van der Waals surface area contributed by atoms with Gasteiger partial charge in [-0.25, -0.2) is 13.2 Å². The molecule has 0 N–H and O–H groups in total. The molecule has 3 aromatic rings. The van der Waals surface area contributed by atoms with Crippen molar-refractivity contribution < 1.29 is 12.8 Å². The van der Waals surface area contributed by atoms with Gasteiger partial charge in [0.05, 0.1) is 4.90 Å². The van der Waals surface area contributed by atoms with Crippen LogP contribution in [0.1, 0.15) is 5.56 Å². The predicted molar refractivity (Wildman–Crippen MR) is 87.0 cm³/mol. The summed E-state index contributed by atoms with van der Waals surface area (Å²) in [6.07, 6.45) is 0.897. The second-order valence-electron chi connectivity index (χ2n) is 4.93. The van der Waals surface area contributed by atoms with Crippen LogP contribution in [-0.2, 0) is 9.84 Å². The van der Waals surface area contributed by atoms with E-state index in [1.807, 2.05) is 0 Å². The molecule has 24 heavy (non-hydrogen) atoms. The first-order valence-corrected chi connectivity index (χ1v) is 8.45. The first kappa shape index (κ1) is 15.7. The second kappa shape index (κ2) is 6.14. The monoisotopic (exact) mass is 337 g/mol. The van der Waals surface area contributed by atoms with Gasteiger partial charge < -0.3 is 4.42 Å². The van der Waals surface area contributed by atoms with Crippen molar-refractivity contribution in [2.24, 2.45) is 0 Å². The van der Waals surface area contributed by atoms with E-state index in [0.29, 0.717) is 5.56 Å². The molecule has 2 aromatic carbocycles. The van der Waals surface area contributed by atoms with Gasteiger partial charge >= 0.3 is 5.63 Å². The summed E-state index contributed by atoms with van der Waals surface area (Å²) in [5.74, 6) is 0. The van der Waals surface area contributed by atoms with E-state index in [9.17, 15) is 18.5 Å². The summed E-state index contributed by atoms with van der Waals surface area (Å²) in [5.41, 5.74) is -0.698. The van der Waals surface area contributed by atoms with Gasteiger partial charge in [-0.1, -0.05) is 48.5 Å². The Morgan fingerprint density at radius 3 is 2.08 bits per heavy atom. The van der Waals surface area contributed by atoms with Crippen LogP contribution in [0, 0.1) is 11.3 Å². The molecule has 0 radical (unpaired) electrons. The van der Waals surface area contributed by atoms with Gasteiger partial charge in [-0.05, 0) is 17.7 Å². The normalized spacial score (nSPS) is 11.0. The molecule has 0 spiro atoms. The molecule has 0 amide bonds. The highest BCUT2D eigenvalue weighted by Crippen LogP contribution is 2.32. The molecule has 0 aliphatic carbocycles. The molecular formula is C18H11NO4S. The number of rotatable bonds is 3. The molecule has 0 saturated heterocycles. The molecule has 1 aromatic heterocycles. The average molecular weight is 337 g/mol. The maximum absolute atomic E-state index is 12.9. The van der Waals surface area contributed by atoms with Crippen LogP contribution in [0.3, 0.4) is 0 Å². The van der Waals surface area contributed by atoms with Crippen molar-refractivity contribution in [1.29, 1.82) is 5.26 Å². The summed E-state index contributed by atoms with van der Waals surface area (Å²) in [7, 11) is -3.95. The minimum atomic E-state index is -3.95. The van der Waals surface area contributed by atoms with Crippen molar-refractivity contribution in [2.45, 2.75) is 9.79 Å². The van der Waals surface area contributed by atoms with Gasteiger partial charge in [0.2, 0.25) is 9.84 Å². The number of hydrogen-bond donors (Lipinski definition) is 0. The summed E-state index contributed by atoms with van der Waals surface area (Å²) in [4.78, 5) is 11.7. The minimum absolute atomic E-state index is 0.0539. The van der Waals surface area contributed by atoms with Crippen molar-refractivity contribution >= 4 is 9.84 Å². The van der Waals surface area contributed by atoms with E-state index in [2.05, 4.69) is 0 Å². The highest BCUT2D eigenvalue weighted by molar-refractivity contribution is 7.91. The van der Waals surface area contributed by atoms with Crippen LogP contribution in [0.2, 0.25) is 0 Å². The zero-order valence-electron chi connectivity index (χ0n) is 12.3. The topological polar surface area (TPSA) is 88.1 Å². The molecule has 6 heteroatoms. The van der Waals surface area contributed by atoms with Gasteiger partial charge in [-0.15, -0.1) is 0 Å². The average Bonchev–Trinajstić information content (AvgIpc) is 2.62. The van der Waals surface area contributed by atoms with Crippen molar-refractivity contribution in [1.82, 2.24) is 0 Å². The summed E-state index contributed by atoms with van der Waals surface area (Å²) in [5, 5.41) is 9.32. The maximum atomic E-state index is 12.9. The maximum Gasteiger partial charge on any atom is 0.354 e. The zero-order chi connectivity index (χ0) is 17.2. The molecular weight excluding hydrogens is 326 g/mol. The molecule has 0 saturated carbocycles. The van der Waals surface area contributed by atoms with Gasteiger partial charge in [0, 0.05) is 5.56 Å². The number of hydrogen-bond acceptors (Lipinski definition) is 5. The summed E-state index contributed by atoms with van der Waals surface area (Å²) in [6, 6.07) is 18.0. The van der Waals surface area contributed by atoms with Crippen molar-refractivity contribution in [3.63, 3.8) is 0 Å². The Balaban J connectivity index is 2.39. The van der Waals surface area contributed by atoms with E-state index >= 15 is 0 Å². The summed E-state index contributed by atoms with van der Waals surface area (Å²) in [6.45, 7) is 0. The van der Waals surface area contributed by atoms with E-state index < -0.39 is 15.5 Å². The van der Waals surface area contributed by atoms with Crippen LogP contribution < -0.4 is 5.63 Å². The highest BCUT2D eigenvalue weighted by atomic mass is 32.2. The number of benzene rings is 2. The van der Waals surface area contributed by atoms with E-state index in [0.717, 1.165) is 6.26 Å². The van der Waals surface area contributed by atoms with Crippen molar-refractivity contribution in [3.05, 3.63) is 82.9 Å². The minimum Gasteiger partial charge on any atom is -0.429 e. The number of sulfone groups is 1. The molecule has 118 valence electrons. The molecule has 5 nitrogen and oxygen atoms in total. The quantitative estimate of drug-likeness (QED) is 0.733. The fourth-order valence-corrected chi connectivity index (χ4v) is 3.80. The highest BCUT2D eigenvalue weighted by Gasteiger charge is 2.27. The van der Waals surface area contributed by atoms with Gasteiger partial charge in [-0.3, -0.25) is 0 Å². The third-order valence-electron chi connectivity index (χ3n) is 3.49. The van der Waals surface area contributed by atoms with Gasteiger partial charge in [-0.2, -0.15) is 5.26 Å². The molecule has 0 aliphatic rings. The van der Waals surface area contributed by atoms with Crippen LogP contribution in [0.4, 0.5) is 0 Å². The van der Waals surface area contributed by atoms with Crippen LogP contribution in [-0.4, -0.2) is 8.42 Å². The SMILES string of the molecule is N#Cc1c(-c2ccccc2)c(S(=O)(=O)c2ccccc2)coc1=O. The fraction of sp³-hybridized carbons (Fsp3) is 0. The lowest BCUT2D eigenvalue weighted by Crippen LogP contribution is -2.12. The molecule has 0 fully saturated rings. The lowest BCUT2D eigenvalue weighted by molar-refractivity contribution is 0.493. The molecule has 0 aliphatic heterocycles. The van der Waals surface area contributed by atoms with Gasteiger partial charge in [0.1, 0.15) is 22.8 Å². The van der Waals surface area contributed by atoms with Crippen LogP contribution in [0.5, 0.6) is 0 Å². The molecule has 0 bridgehead atoms. The fourth-order valence-electron chi connectivity index (χ4n) is 2.37. The lowest BCUT2D eigenvalue weighted by Gasteiger charge is -2.11. The number of nitrogens with zero attached hydrogens (tertiary/aromatic N) is 1. The Morgan fingerprint density at radius 2 is 1.50 bits per heavy atom. The Bertz CT molecular complexity index is 1080. The van der Waals surface area contributed by atoms with Gasteiger partial charge in [0.25, 0.3) is 0 Å². The second-order valence-corrected chi connectivity index (χ2v) is 6.85. The molecule has 3 rings (SSSR count). The smallest absolute Gasteiger partial charge is 0.354 e. The third kappa shape index (κ3) is 2.62. The first-order chi connectivity index (χ1) is 11.6. The van der Waals surface area contributed by atoms with Crippen LogP contribution in [0.15, 0.2) is 85.9 Å². The third-order valence-corrected chi connectivity index (χ3v) is 5.26. The van der Waals surface area contributed by atoms with Gasteiger partial charge in [0.15, 0.2) is 0 Å². The van der Waals surface area contributed by atoms with E-state index in [-0.39, 0.29) is 20.9 Å². The summed E-state index contributed by atoms with van der Waals surface area (Å²) < 4.78 is 30.7. The van der Waals surface area contributed by atoms with E-state index in [4.69, 9.17) is 4.42 Å². The van der Waals surface area contributed by atoms with E-state index in [1.165, 1.54) is 12.1 Å². The first-order valence-electron chi connectivity index (χ1n) is 6.97. The predicted octanol–water partition coefficient (Wildman–Crippen LogP) is 3.01. The largest absolute Gasteiger partial charge is 0.429 e. The summed E-state index contributed by atoms with van der Waals surface area (Å²) >= 11 is 0. The van der Waals surface area contributed by atoms with E-state index in [1.54, 1.807) is 54.6 Å². The Morgan fingerprint density at radius 1 is 0.917 bits per heavy atom. The lowest BCUT2D eigenvalue weighted by atomic mass is 10.0. The standard InChI is InChI=1S/C18H11NO4S/c19-11-15-17(13-7-3-1-4-8-13)16(12-23-18(15)20)24(21,22)14-9-5-2-6-10-14/h1-10,12H. The molecule has 1 heterocycles. The van der Waals surface area contributed by atoms with Crippen molar-refractivity contribution in [2.75, 3.05) is 0 Å². The number of nitriles is 1.